The van der Waals surface area contributed by atoms with Gasteiger partial charge in [-0.05, 0) is 40.7 Å². The number of fused-ring (bicyclic) bond motifs is 1. The van der Waals surface area contributed by atoms with Crippen LogP contribution in [0.4, 0.5) is 0 Å². The molecule has 0 radical (unpaired) electrons. The number of thiophene rings is 1. The number of pyridine rings is 1. The van der Waals surface area contributed by atoms with Gasteiger partial charge in [-0.3, -0.25) is 4.98 Å². The molecule has 1 nitrogen and oxygen atoms in total. The Labute approximate surface area is 142 Å². The summed E-state index contributed by atoms with van der Waals surface area (Å²) in [4.78, 5) is 4.92. The maximum Gasteiger partial charge on any atom is 0.0582 e. The molecule has 0 saturated carbocycles. The molecule has 2 rings (SSSR count). The summed E-state index contributed by atoms with van der Waals surface area (Å²) >= 11 is 1.83. The molecule has 0 fully saturated rings. The van der Waals surface area contributed by atoms with E-state index in [1.54, 1.807) is 0 Å². The molecule has 2 heteroatoms. The third-order valence-electron chi connectivity index (χ3n) is 3.21. The summed E-state index contributed by atoms with van der Waals surface area (Å²) in [6.45, 7) is 19.5. The zero-order valence-electron chi connectivity index (χ0n) is 16.1. The van der Waals surface area contributed by atoms with Crippen molar-refractivity contribution in [3.05, 3.63) is 28.4 Å². The van der Waals surface area contributed by atoms with Gasteiger partial charge in [-0.1, -0.05) is 68.7 Å². The van der Waals surface area contributed by atoms with Gasteiger partial charge in [-0.2, -0.15) is 0 Å². The van der Waals surface area contributed by atoms with Gasteiger partial charge in [0.25, 0.3) is 0 Å². The van der Waals surface area contributed by atoms with E-state index in [0.29, 0.717) is 11.8 Å². The van der Waals surface area contributed by atoms with E-state index in [4.69, 9.17) is 4.98 Å². The average Bonchev–Trinajstić information content (AvgIpc) is 2.97. The minimum atomic E-state index is 0.502. The van der Waals surface area contributed by atoms with E-state index in [1.807, 2.05) is 25.2 Å². The zero-order chi connectivity index (χ0) is 17.3. The summed E-state index contributed by atoms with van der Waals surface area (Å²) in [5, 5.41) is 3.63. The molecule has 0 unspecified atom stereocenters. The largest absolute Gasteiger partial charge is 0.256 e. The fourth-order valence-corrected chi connectivity index (χ4v) is 3.40. The van der Waals surface area contributed by atoms with Gasteiger partial charge in [-0.15, -0.1) is 11.3 Å². The van der Waals surface area contributed by atoms with Crippen molar-refractivity contribution < 1.29 is 0 Å². The molecule has 0 atom stereocenters. The Kier molecular flexibility index (Phi) is 10.3. The molecule has 2 aromatic heterocycles. The average molecular weight is 322 g/mol. The van der Waals surface area contributed by atoms with Gasteiger partial charge in [0.05, 0.1) is 10.4 Å². The third kappa shape index (κ3) is 5.08. The van der Waals surface area contributed by atoms with Crippen LogP contribution < -0.4 is 0 Å². The normalized spacial score (nSPS) is 10.3. The Morgan fingerprint density at radius 3 is 1.95 bits per heavy atom. The second kappa shape index (κ2) is 10.8. The van der Waals surface area contributed by atoms with Crippen molar-refractivity contribution in [2.45, 2.75) is 87.0 Å². The smallest absolute Gasteiger partial charge is 0.0582 e. The molecule has 0 amide bonds. The molecule has 0 saturated heterocycles. The first-order valence-corrected chi connectivity index (χ1v) is 9.75. The Hall–Kier alpha value is -0.890. The van der Waals surface area contributed by atoms with E-state index in [-0.39, 0.29) is 0 Å². The maximum atomic E-state index is 4.92. The number of nitrogens with zero attached hydrogens (tertiary/aromatic N) is 1. The minimum absolute atomic E-state index is 0.502. The van der Waals surface area contributed by atoms with Crippen LogP contribution in [-0.4, -0.2) is 4.98 Å². The van der Waals surface area contributed by atoms with Crippen LogP contribution in [0.5, 0.6) is 0 Å². The second-order valence-corrected chi connectivity index (χ2v) is 6.81. The van der Waals surface area contributed by atoms with E-state index in [9.17, 15) is 0 Å². The van der Waals surface area contributed by atoms with Gasteiger partial charge in [0.15, 0.2) is 0 Å². The van der Waals surface area contributed by atoms with E-state index in [1.165, 1.54) is 33.5 Å². The topological polar surface area (TPSA) is 12.9 Å². The summed E-state index contributed by atoms with van der Waals surface area (Å²) in [5.74, 6) is 1.05. The number of aryl methyl sites for hydroxylation is 1. The molecule has 0 aliphatic heterocycles. The lowest BCUT2D eigenvalue weighted by Gasteiger charge is -2.18. The van der Waals surface area contributed by atoms with Crippen LogP contribution in [0.2, 0.25) is 0 Å². The van der Waals surface area contributed by atoms with Gasteiger partial charge in [0.2, 0.25) is 0 Å². The lowest BCUT2D eigenvalue weighted by Crippen LogP contribution is -2.05. The Balaban J connectivity index is 0.000000789. The number of hydrogen-bond acceptors (Lipinski definition) is 2. The van der Waals surface area contributed by atoms with E-state index in [2.05, 4.69) is 59.9 Å². The highest BCUT2D eigenvalue weighted by Crippen LogP contribution is 2.35. The van der Waals surface area contributed by atoms with Crippen molar-refractivity contribution >= 4 is 21.4 Å². The van der Waals surface area contributed by atoms with Crippen LogP contribution in [0, 0.1) is 0 Å². The van der Waals surface area contributed by atoms with Crippen LogP contribution in [0.25, 0.3) is 10.1 Å². The summed E-state index contributed by atoms with van der Waals surface area (Å²) in [7, 11) is 0. The molecule has 2 aromatic rings. The van der Waals surface area contributed by atoms with Crippen LogP contribution in [-0.2, 0) is 6.42 Å². The van der Waals surface area contributed by atoms with Gasteiger partial charge >= 0.3 is 0 Å². The molecule has 0 aliphatic rings. The van der Waals surface area contributed by atoms with Crippen molar-refractivity contribution in [1.82, 2.24) is 4.98 Å². The molecule has 0 aromatic carbocycles. The van der Waals surface area contributed by atoms with Gasteiger partial charge < -0.3 is 0 Å². The second-order valence-electron chi connectivity index (χ2n) is 5.89. The van der Waals surface area contributed by atoms with Gasteiger partial charge in [0, 0.05) is 5.69 Å². The van der Waals surface area contributed by atoms with E-state index in [0.717, 1.165) is 6.42 Å². The van der Waals surface area contributed by atoms with Crippen LogP contribution in [0.1, 0.15) is 97.5 Å². The molecule has 0 spiro atoms. The summed E-state index contributed by atoms with van der Waals surface area (Å²) < 4.78 is 1.39. The zero-order valence-corrected chi connectivity index (χ0v) is 16.9. The summed E-state index contributed by atoms with van der Waals surface area (Å²) in [6, 6.07) is 2.27. The van der Waals surface area contributed by atoms with Crippen molar-refractivity contribution in [3.8, 4) is 0 Å². The summed E-state index contributed by atoms with van der Waals surface area (Å²) in [6.07, 6.45) is 2.27. The molecule has 0 bridgehead atoms. The fraction of sp³-hybridized carbons (Fsp3) is 0.650. The van der Waals surface area contributed by atoms with E-state index >= 15 is 0 Å². The number of hydrogen-bond donors (Lipinski definition) is 0. The molecular weight excluding hydrogens is 286 g/mol. The highest BCUT2D eigenvalue weighted by Gasteiger charge is 2.18. The number of rotatable bonds is 3. The first kappa shape index (κ1) is 21.1. The molecule has 22 heavy (non-hydrogen) atoms. The van der Waals surface area contributed by atoms with Crippen molar-refractivity contribution in [2.75, 3.05) is 0 Å². The van der Waals surface area contributed by atoms with Gasteiger partial charge in [0.1, 0.15) is 0 Å². The lowest BCUT2D eigenvalue weighted by atomic mass is 9.92. The fourth-order valence-electron chi connectivity index (χ4n) is 2.43. The van der Waals surface area contributed by atoms with E-state index < -0.39 is 0 Å². The predicted molar refractivity (Wildman–Crippen MR) is 104 cm³/mol. The number of aromatic nitrogens is 1. The maximum absolute atomic E-state index is 4.92. The highest BCUT2D eigenvalue weighted by atomic mass is 32.1. The highest BCUT2D eigenvalue weighted by molar-refractivity contribution is 7.17. The molecule has 0 N–H and O–H groups in total. The molecular formula is C20H35NS. The van der Waals surface area contributed by atoms with Crippen LogP contribution in [0.15, 0.2) is 11.4 Å². The molecule has 126 valence electrons. The lowest BCUT2D eigenvalue weighted by molar-refractivity contribution is 0.757. The third-order valence-corrected chi connectivity index (χ3v) is 4.17. The van der Waals surface area contributed by atoms with Crippen molar-refractivity contribution in [2.24, 2.45) is 0 Å². The Morgan fingerprint density at radius 2 is 1.55 bits per heavy atom. The van der Waals surface area contributed by atoms with Crippen molar-refractivity contribution in [3.63, 3.8) is 0 Å². The predicted octanol–water partition coefficient (Wildman–Crippen LogP) is 7.55. The first-order valence-electron chi connectivity index (χ1n) is 8.87. The molecule has 2 heterocycles. The molecule has 0 aliphatic carbocycles. The van der Waals surface area contributed by atoms with Crippen LogP contribution in [0.3, 0.4) is 0 Å². The first-order chi connectivity index (χ1) is 10.5. The monoisotopic (exact) mass is 321 g/mol. The van der Waals surface area contributed by atoms with Crippen molar-refractivity contribution in [1.29, 1.82) is 0 Å². The SMILES string of the molecule is CC.CCC.CCc1nc(C(C)C)c(C(C)C)c2ccsc12. The summed E-state index contributed by atoms with van der Waals surface area (Å²) in [5.41, 5.74) is 4.01. The standard InChI is InChI=1S/C15H21NS.C3H8.C2H6/c1-6-12-15-11(7-8-17-15)13(9(2)3)14(16-12)10(4)5;1-3-2;1-2/h7-10H,6H2,1-5H3;3H2,1-2H3;1-2H3. The quantitative estimate of drug-likeness (QED) is 0.568. The van der Waals surface area contributed by atoms with Crippen LogP contribution >= 0.6 is 11.3 Å². The Bertz CT molecular complexity index is 538. The minimum Gasteiger partial charge on any atom is -0.256 e. The van der Waals surface area contributed by atoms with Gasteiger partial charge in [-0.25, -0.2) is 0 Å². The Morgan fingerprint density at radius 1 is 1.00 bits per heavy atom.